The van der Waals surface area contributed by atoms with Crippen LogP contribution < -0.4 is 20.7 Å². The van der Waals surface area contributed by atoms with Crippen LogP contribution in [0.15, 0.2) is 53.8 Å². The Labute approximate surface area is 198 Å². The number of anilines is 3. The Kier molecular flexibility index (Phi) is 7.94. The molecule has 3 aromatic rings. The summed E-state index contributed by atoms with van der Waals surface area (Å²) in [5, 5.41) is 8.94. The lowest BCUT2D eigenvalue weighted by Gasteiger charge is -2.22. The van der Waals surface area contributed by atoms with Crippen molar-refractivity contribution >= 4 is 55.8 Å². The number of fused-ring (bicyclic) bond motifs is 1. The number of hydrogen-bond acceptors (Lipinski definition) is 6. The highest BCUT2D eigenvalue weighted by molar-refractivity contribution is 9.10. The maximum Gasteiger partial charge on any atom is 0.247 e. The predicted octanol–water partition coefficient (Wildman–Crippen LogP) is 5.04. The van der Waals surface area contributed by atoms with Crippen molar-refractivity contribution in [2.24, 2.45) is 0 Å². The molecule has 33 heavy (non-hydrogen) atoms. The zero-order valence-electron chi connectivity index (χ0n) is 18.1. The van der Waals surface area contributed by atoms with Crippen LogP contribution in [0, 0.1) is 5.82 Å². The minimum atomic E-state index is -0.597. The van der Waals surface area contributed by atoms with Gasteiger partial charge in [-0.3, -0.25) is 9.59 Å². The number of halogens is 2. The van der Waals surface area contributed by atoms with Crippen LogP contribution in [0.2, 0.25) is 0 Å². The van der Waals surface area contributed by atoms with Gasteiger partial charge >= 0.3 is 0 Å². The van der Waals surface area contributed by atoms with Crippen molar-refractivity contribution in [3.05, 3.63) is 59.6 Å². The highest BCUT2D eigenvalue weighted by Gasteiger charge is 2.18. The van der Waals surface area contributed by atoms with E-state index in [2.05, 4.69) is 48.4 Å². The summed E-state index contributed by atoms with van der Waals surface area (Å²) in [6, 6.07) is 7.87. The Balaban J connectivity index is 2.06. The van der Waals surface area contributed by atoms with Crippen molar-refractivity contribution in [2.45, 2.75) is 32.9 Å². The number of carbonyl (C=O) groups excluding carboxylic acids is 2. The van der Waals surface area contributed by atoms with E-state index in [1.807, 2.05) is 6.92 Å². The first-order valence-corrected chi connectivity index (χ1v) is 11.0. The molecule has 3 rings (SSSR count). The van der Waals surface area contributed by atoms with Gasteiger partial charge in [0, 0.05) is 29.3 Å². The Morgan fingerprint density at radius 3 is 2.70 bits per heavy atom. The minimum absolute atomic E-state index is 0.226. The number of nitrogens with zero attached hydrogens (tertiary/aromatic N) is 2. The summed E-state index contributed by atoms with van der Waals surface area (Å²) < 4.78 is 21.0. The predicted molar refractivity (Wildman–Crippen MR) is 129 cm³/mol. The van der Waals surface area contributed by atoms with Crippen LogP contribution in [0.25, 0.3) is 10.9 Å². The molecule has 2 amide bonds. The van der Waals surface area contributed by atoms with Gasteiger partial charge in [-0.15, -0.1) is 0 Å². The van der Waals surface area contributed by atoms with Crippen molar-refractivity contribution < 1.29 is 18.7 Å². The molecule has 0 aliphatic rings. The van der Waals surface area contributed by atoms with E-state index < -0.39 is 18.0 Å². The highest BCUT2D eigenvalue weighted by Crippen LogP contribution is 2.34. The lowest BCUT2D eigenvalue weighted by molar-refractivity contribution is -0.121. The van der Waals surface area contributed by atoms with Crippen molar-refractivity contribution in [1.82, 2.24) is 15.3 Å². The fourth-order valence-electron chi connectivity index (χ4n) is 3.08. The Hall–Kier alpha value is -3.53. The lowest BCUT2D eigenvalue weighted by atomic mass is 10.1. The minimum Gasteiger partial charge on any atom is -0.468 e. The summed E-state index contributed by atoms with van der Waals surface area (Å²) in [5.41, 5.74) is 1.05. The number of hydrogen-bond donors (Lipinski definition) is 3. The van der Waals surface area contributed by atoms with E-state index in [0.717, 1.165) is 12.5 Å². The van der Waals surface area contributed by atoms with E-state index >= 15 is 0 Å². The number of carbonyl (C=O) groups is 2. The van der Waals surface area contributed by atoms with Crippen LogP contribution in [0.4, 0.5) is 21.6 Å². The molecular formula is C23H23BrFN5O3. The van der Waals surface area contributed by atoms with Crippen LogP contribution in [-0.2, 0) is 9.59 Å². The van der Waals surface area contributed by atoms with Crippen LogP contribution in [0.5, 0.6) is 5.75 Å². The maximum atomic E-state index is 14.4. The monoisotopic (exact) mass is 515 g/mol. The molecule has 10 heteroatoms. The Morgan fingerprint density at radius 1 is 1.24 bits per heavy atom. The molecule has 0 aliphatic carbocycles. The van der Waals surface area contributed by atoms with E-state index in [9.17, 15) is 14.0 Å². The molecule has 1 atom stereocenters. The highest BCUT2D eigenvalue weighted by atomic mass is 79.9. The molecule has 8 nitrogen and oxygen atoms in total. The Morgan fingerprint density at radius 2 is 2.03 bits per heavy atom. The van der Waals surface area contributed by atoms with Gasteiger partial charge in [0.25, 0.3) is 0 Å². The first-order chi connectivity index (χ1) is 15.8. The summed E-state index contributed by atoms with van der Waals surface area (Å²) in [6.07, 6.45) is 3.20. The van der Waals surface area contributed by atoms with Gasteiger partial charge in [0.2, 0.25) is 11.8 Å². The molecule has 0 radical (unpaired) electrons. The average Bonchev–Trinajstić information content (AvgIpc) is 2.76. The summed E-state index contributed by atoms with van der Waals surface area (Å²) in [5.74, 6) is -0.500. The maximum absolute atomic E-state index is 14.4. The fourth-order valence-corrected chi connectivity index (χ4v) is 3.42. The third-order valence-corrected chi connectivity index (χ3v) is 5.04. The number of nitrogens with one attached hydrogen (secondary N) is 3. The number of rotatable bonds is 9. The van der Waals surface area contributed by atoms with E-state index in [4.69, 9.17) is 4.74 Å². The molecule has 0 bridgehead atoms. The third-order valence-electron chi connectivity index (χ3n) is 4.55. The summed E-state index contributed by atoms with van der Waals surface area (Å²) in [6.45, 7) is 6.84. The molecule has 172 valence electrons. The summed E-state index contributed by atoms with van der Waals surface area (Å²) in [4.78, 5) is 32.1. The molecule has 1 unspecified atom stereocenters. The van der Waals surface area contributed by atoms with Gasteiger partial charge in [-0.2, -0.15) is 0 Å². The summed E-state index contributed by atoms with van der Waals surface area (Å²) in [7, 11) is 0. The first kappa shape index (κ1) is 24.1. The largest absolute Gasteiger partial charge is 0.468 e. The molecule has 1 aromatic heterocycles. The summed E-state index contributed by atoms with van der Waals surface area (Å²) >= 11 is 3.23. The zero-order valence-corrected chi connectivity index (χ0v) is 19.7. The molecule has 1 heterocycles. The van der Waals surface area contributed by atoms with Gasteiger partial charge in [0.15, 0.2) is 6.23 Å². The topological polar surface area (TPSA) is 105 Å². The van der Waals surface area contributed by atoms with Crippen LogP contribution in [-0.4, -0.2) is 28.0 Å². The van der Waals surface area contributed by atoms with Gasteiger partial charge in [-0.25, -0.2) is 14.4 Å². The normalized spacial score (nSPS) is 11.5. The number of benzene rings is 2. The standard InChI is InChI=1S/C23H23BrFN5O3/c1-4-6-22(28-13(3)31)33-20-11-18-15(10-19(20)29-21(32)5-2)23(27-12-26-18)30-17-8-7-14(24)9-16(17)25/h5,7-12,22H,2,4,6H2,1,3H3,(H,28,31)(H,29,32)(H,26,27,30). The van der Waals surface area contributed by atoms with E-state index in [1.165, 1.54) is 19.3 Å². The first-order valence-electron chi connectivity index (χ1n) is 10.2. The quantitative estimate of drug-likeness (QED) is 0.272. The second-order valence-electron chi connectivity index (χ2n) is 7.13. The lowest BCUT2D eigenvalue weighted by Crippen LogP contribution is -2.37. The third kappa shape index (κ3) is 6.26. The van der Waals surface area contributed by atoms with E-state index in [0.29, 0.717) is 39.1 Å². The van der Waals surface area contributed by atoms with Gasteiger partial charge < -0.3 is 20.7 Å². The van der Waals surface area contributed by atoms with Crippen molar-refractivity contribution in [3.63, 3.8) is 0 Å². The smallest absolute Gasteiger partial charge is 0.247 e. The number of aromatic nitrogens is 2. The molecule has 0 aliphatic heterocycles. The van der Waals surface area contributed by atoms with Crippen LogP contribution in [0.1, 0.15) is 26.7 Å². The average molecular weight is 516 g/mol. The number of amides is 2. The van der Waals surface area contributed by atoms with Crippen molar-refractivity contribution in [1.29, 1.82) is 0 Å². The van der Waals surface area contributed by atoms with Crippen LogP contribution >= 0.6 is 15.9 Å². The van der Waals surface area contributed by atoms with Crippen molar-refractivity contribution in [3.8, 4) is 5.75 Å². The van der Waals surface area contributed by atoms with E-state index in [1.54, 1.807) is 24.3 Å². The molecule has 0 saturated carbocycles. The second-order valence-corrected chi connectivity index (χ2v) is 8.04. The van der Waals surface area contributed by atoms with Gasteiger partial charge in [-0.1, -0.05) is 35.9 Å². The molecule has 3 N–H and O–H groups in total. The second kappa shape index (κ2) is 10.9. The molecular weight excluding hydrogens is 493 g/mol. The molecule has 0 fully saturated rings. The zero-order chi connectivity index (χ0) is 24.0. The molecule has 0 spiro atoms. The molecule has 0 saturated heterocycles. The molecule has 2 aromatic carbocycles. The Bertz CT molecular complexity index is 1200. The number of ether oxygens (including phenoxy) is 1. The van der Waals surface area contributed by atoms with Gasteiger partial charge in [0.1, 0.15) is 23.7 Å². The SMILES string of the molecule is C=CC(=O)Nc1cc2c(Nc3ccc(Br)cc3F)ncnc2cc1OC(CCC)NC(C)=O. The van der Waals surface area contributed by atoms with Gasteiger partial charge in [-0.05, 0) is 30.3 Å². The van der Waals surface area contributed by atoms with Gasteiger partial charge in [0.05, 0.1) is 16.9 Å². The van der Waals surface area contributed by atoms with Crippen LogP contribution in [0.3, 0.4) is 0 Å². The van der Waals surface area contributed by atoms with E-state index in [-0.39, 0.29) is 11.6 Å². The van der Waals surface area contributed by atoms with Crippen molar-refractivity contribution in [2.75, 3.05) is 10.6 Å². The fraction of sp³-hybridized carbons (Fsp3) is 0.217.